The molecule has 3 rings (SSSR count). The fourth-order valence-electron chi connectivity index (χ4n) is 1.67. The average molecular weight is 405 g/mol. The smallest absolute Gasteiger partial charge is 0.339 e. The Labute approximate surface area is 130 Å². The number of nitrogens with one attached hydrogen (secondary N) is 2. The quantitative estimate of drug-likeness (QED) is 0.638. The third-order valence-electron chi connectivity index (χ3n) is 2.59. The molecular formula is C12H7F3IN5. The predicted octanol–water partition coefficient (Wildman–Crippen LogP) is 3.72. The van der Waals surface area contributed by atoms with Gasteiger partial charge in [-0.25, -0.2) is 15.0 Å². The van der Waals surface area contributed by atoms with Crippen LogP contribution in [-0.2, 0) is 6.18 Å². The first-order chi connectivity index (χ1) is 9.91. The van der Waals surface area contributed by atoms with E-state index in [0.29, 0.717) is 5.82 Å². The van der Waals surface area contributed by atoms with E-state index in [1.54, 1.807) is 0 Å². The van der Waals surface area contributed by atoms with Crippen LogP contribution in [0.1, 0.15) is 5.82 Å². The lowest BCUT2D eigenvalue weighted by molar-refractivity contribution is -0.144. The minimum Gasteiger partial charge on any atom is -0.339 e. The molecule has 21 heavy (non-hydrogen) atoms. The number of imidazole rings is 1. The standard InChI is InChI=1S/C12H7F3IN5/c13-12(14,15)11-20-9-10(21-11)19-8(5-17-9)18-7-3-1-6(16)2-4-7/h1-5H,(H2,17,18,19,20,21). The van der Waals surface area contributed by atoms with Crippen LogP contribution in [0.3, 0.4) is 0 Å². The maximum atomic E-state index is 12.5. The molecule has 0 fully saturated rings. The summed E-state index contributed by atoms with van der Waals surface area (Å²) < 4.78 is 38.7. The Bertz CT molecular complexity index is 782. The van der Waals surface area contributed by atoms with Gasteiger partial charge in [-0.05, 0) is 46.9 Å². The molecule has 5 nitrogen and oxygen atoms in total. The number of hydrogen-bond donors (Lipinski definition) is 2. The average Bonchev–Trinajstić information content (AvgIpc) is 2.84. The van der Waals surface area contributed by atoms with Gasteiger partial charge in [0, 0.05) is 9.26 Å². The minimum absolute atomic E-state index is 0.0159. The molecule has 0 bridgehead atoms. The van der Waals surface area contributed by atoms with Crippen molar-refractivity contribution in [1.82, 2.24) is 19.9 Å². The summed E-state index contributed by atoms with van der Waals surface area (Å²) in [4.78, 5) is 13.4. The Morgan fingerprint density at radius 2 is 1.81 bits per heavy atom. The van der Waals surface area contributed by atoms with E-state index in [4.69, 9.17) is 0 Å². The maximum Gasteiger partial charge on any atom is 0.449 e. The van der Waals surface area contributed by atoms with Crippen molar-refractivity contribution in [3.8, 4) is 0 Å². The van der Waals surface area contributed by atoms with E-state index < -0.39 is 12.0 Å². The molecular weight excluding hydrogens is 398 g/mol. The number of halogens is 4. The molecule has 9 heteroatoms. The van der Waals surface area contributed by atoms with Gasteiger partial charge in [-0.3, -0.25) is 0 Å². The molecule has 0 unspecified atom stereocenters. The summed E-state index contributed by atoms with van der Waals surface area (Å²) in [5, 5.41) is 2.97. The molecule has 2 N–H and O–H groups in total. The molecule has 1 aromatic carbocycles. The Hall–Kier alpha value is -1.91. The fourth-order valence-corrected chi connectivity index (χ4v) is 2.03. The molecule has 0 saturated heterocycles. The summed E-state index contributed by atoms with van der Waals surface area (Å²) in [7, 11) is 0. The van der Waals surface area contributed by atoms with Gasteiger partial charge in [0.25, 0.3) is 0 Å². The third kappa shape index (κ3) is 3.06. The molecule has 0 amide bonds. The van der Waals surface area contributed by atoms with Crippen molar-refractivity contribution in [2.75, 3.05) is 5.32 Å². The van der Waals surface area contributed by atoms with Gasteiger partial charge in [-0.1, -0.05) is 0 Å². The van der Waals surface area contributed by atoms with Gasteiger partial charge in [-0.15, -0.1) is 0 Å². The van der Waals surface area contributed by atoms with E-state index in [2.05, 4.69) is 47.8 Å². The lowest BCUT2D eigenvalue weighted by Crippen LogP contribution is -2.06. The fraction of sp³-hybridized carbons (Fsp3) is 0.0833. The van der Waals surface area contributed by atoms with E-state index >= 15 is 0 Å². The van der Waals surface area contributed by atoms with Crippen molar-refractivity contribution in [2.24, 2.45) is 0 Å². The van der Waals surface area contributed by atoms with Crippen LogP contribution in [-0.4, -0.2) is 19.9 Å². The van der Waals surface area contributed by atoms with Gasteiger partial charge in [0.05, 0.1) is 6.20 Å². The van der Waals surface area contributed by atoms with E-state index in [1.807, 2.05) is 24.3 Å². The van der Waals surface area contributed by atoms with Gasteiger partial charge < -0.3 is 10.3 Å². The number of anilines is 2. The number of aromatic nitrogens is 4. The summed E-state index contributed by atoms with van der Waals surface area (Å²) in [6.07, 6.45) is -3.21. The maximum absolute atomic E-state index is 12.5. The summed E-state index contributed by atoms with van der Waals surface area (Å²) in [6, 6.07) is 7.46. The van der Waals surface area contributed by atoms with Gasteiger partial charge >= 0.3 is 6.18 Å². The van der Waals surface area contributed by atoms with E-state index in [1.165, 1.54) is 6.20 Å². The second-order valence-electron chi connectivity index (χ2n) is 4.14. The molecule has 0 atom stereocenters. The first-order valence-corrected chi connectivity index (χ1v) is 6.82. The van der Waals surface area contributed by atoms with Crippen LogP contribution < -0.4 is 5.32 Å². The number of hydrogen-bond acceptors (Lipinski definition) is 4. The highest BCUT2D eigenvalue weighted by Gasteiger charge is 2.35. The van der Waals surface area contributed by atoms with Crippen molar-refractivity contribution in [3.05, 3.63) is 39.9 Å². The highest BCUT2D eigenvalue weighted by Crippen LogP contribution is 2.28. The van der Waals surface area contributed by atoms with Crippen LogP contribution >= 0.6 is 22.6 Å². The normalized spacial score (nSPS) is 11.8. The predicted molar refractivity (Wildman–Crippen MR) is 79.1 cm³/mol. The molecule has 3 aromatic rings. The summed E-state index contributed by atoms with van der Waals surface area (Å²) >= 11 is 2.17. The molecule has 2 heterocycles. The molecule has 2 aromatic heterocycles. The lowest BCUT2D eigenvalue weighted by atomic mass is 10.3. The van der Waals surface area contributed by atoms with Crippen molar-refractivity contribution >= 4 is 45.4 Å². The number of aromatic amines is 1. The van der Waals surface area contributed by atoms with E-state index in [0.717, 1.165) is 9.26 Å². The summed E-state index contributed by atoms with van der Waals surface area (Å²) in [5.74, 6) is -0.773. The number of alkyl halides is 3. The van der Waals surface area contributed by atoms with Crippen LogP contribution in [0, 0.1) is 3.57 Å². The van der Waals surface area contributed by atoms with Gasteiger partial charge in [0.15, 0.2) is 17.1 Å². The topological polar surface area (TPSA) is 66.5 Å². The second-order valence-corrected chi connectivity index (χ2v) is 5.39. The van der Waals surface area contributed by atoms with Crippen LogP contribution in [0.15, 0.2) is 30.5 Å². The monoisotopic (exact) mass is 405 g/mol. The lowest BCUT2D eigenvalue weighted by Gasteiger charge is -2.04. The number of fused-ring (bicyclic) bond motifs is 1. The first kappa shape index (κ1) is 14.0. The zero-order valence-corrected chi connectivity index (χ0v) is 12.4. The van der Waals surface area contributed by atoms with Gasteiger partial charge in [-0.2, -0.15) is 13.2 Å². The molecule has 0 aliphatic carbocycles. The Balaban J connectivity index is 1.92. The van der Waals surface area contributed by atoms with Crippen LogP contribution in [0.4, 0.5) is 24.7 Å². The van der Waals surface area contributed by atoms with Gasteiger partial charge in [0.1, 0.15) is 0 Å². The van der Waals surface area contributed by atoms with Crippen molar-refractivity contribution < 1.29 is 13.2 Å². The van der Waals surface area contributed by atoms with Crippen molar-refractivity contribution in [1.29, 1.82) is 0 Å². The molecule has 0 saturated carbocycles. The number of H-pyrrole nitrogens is 1. The molecule has 0 radical (unpaired) electrons. The highest BCUT2D eigenvalue weighted by molar-refractivity contribution is 14.1. The SMILES string of the molecule is FC(F)(F)c1nc2ncc(Nc3ccc(I)cc3)nc2[nH]1. The largest absolute Gasteiger partial charge is 0.449 e. The van der Waals surface area contributed by atoms with E-state index in [-0.39, 0.29) is 11.3 Å². The highest BCUT2D eigenvalue weighted by atomic mass is 127. The Morgan fingerprint density at radius 3 is 2.48 bits per heavy atom. The van der Waals surface area contributed by atoms with Crippen LogP contribution in [0.5, 0.6) is 0 Å². The molecule has 0 aliphatic heterocycles. The Kier molecular flexibility index (Phi) is 3.43. The number of nitrogens with zero attached hydrogens (tertiary/aromatic N) is 3. The second kappa shape index (κ2) is 5.13. The Morgan fingerprint density at radius 1 is 1.10 bits per heavy atom. The summed E-state index contributed by atoms with van der Waals surface area (Å²) in [5.41, 5.74) is 0.674. The molecule has 0 spiro atoms. The first-order valence-electron chi connectivity index (χ1n) is 5.74. The minimum atomic E-state index is -4.55. The van der Waals surface area contributed by atoms with Crippen LogP contribution in [0.2, 0.25) is 0 Å². The zero-order chi connectivity index (χ0) is 15.0. The van der Waals surface area contributed by atoms with E-state index in [9.17, 15) is 13.2 Å². The molecule has 108 valence electrons. The summed E-state index contributed by atoms with van der Waals surface area (Å²) in [6.45, 7) is 0. The number of benzene rings is 1. The zero-order valence-electron chi connectivity index (χ0n) is 10.2. The third-order valence-corrected chi connectivity index (χ3v) is 3.31. The number of rotatable bonds is 2. The van der Waals surface area contributed by atoms with Crippen LogP contribution in [0.25, 0.3) is 11.3 Å². The van der Waals surface area contributed by atoms with Crippen molar-refractivity contribution in [2.45, 2.75) is 6.18 Å². The van der Waals surface area contributed by atoms with Crippen molar-refractivity contribution in [3.63, 3.8) is 0 Å². The molecule has 0 aliphatic rings. The van der Waals surface area contributed by atoms with Gasteiger partial charge in [0.2, 0.25) is 5.82 Å².